The molecule has 2 aromatic heterocycles. The van der Waals surface area contributed by atoms with E-state index in [9.17, 15) is 4.79 Å². The first-order chi connectivity index (χ1) is 9.58. The average molecular weight is 315 g/mol. The van der Waals surface area contributed by atoms with Gasteiger partial charge in [0.25, 0.3) is 0 Å². The van der Waals surface area contributed by atoms with Gasteiger partial charge in [0, 0.05) is 31.1 Å². The Morgan fingerprint density at radius 1 is 1.55 bits per heavy atom. The zero-order chi connectivity index (χ0) is 14.5. The van der Waals surface area contributed by atoms with Crippen LogP contribution >= 0.6 is 22.9 Å². The van der Waals surface area contributed by atoms with Crippen LogP contribution in [-0.4, -0.2) is 44.6 Å². The zero-order valence-corrected chi connectivity index (χ0v) is 12.6. The van der Waals surface area contributed by atoms with E-state index < -0.39 is 0 Å². The summed E-state index contributed by atoms with van der Waals surface area (Å²) in [6.45, 7) is 0.675. The van der Waals surface area contributed by atoms with Crippen molar-refractivity contribution in [2.75, 3.05) is 13.7 Å². The highest BCUT2D eigenvalue weighted by molar-refractivity contribution is 7.16. The number of carbonyl (C=O) groups is 1. The van der Waals surface area contributed by atoms with Crippen molar-refractivity contribution in [2.24, 2.45) is 0 Å². The smallest absolute Gasteiger partial charge is 0.244 e. The van der Waals surface area contributed by atoms with Gasteiger partial charge < -0.3 is 10.0 Å². The number of aliphatic hydroxyl groups is 1. The van der Waals surface area contributed by atoms with Crippen LogP contribution < -0.4 is 0 Å². The van der Waals surface area contributed by atoms with Gasteiger partial charge >= 0.3 is 0 Å². The number of likely N-dealkylation sites (N-methyl/N-ethyl adjacent to an activating group) is 1. The fourth-order valence-electron chi connectivity index (χ4n) is 1.66. The van der Waals surface area contributed by atoms with Crippen molar-refractivity contribution in [3.63, 3.8) is 0 Å². The fraction of sp³-hybridized carbons (Fsp3) is 0.417. The molecule has 0 fully saturated rings. The Morgan fingerprint density at radius 3 is 3.00 bits per heavy atom. The third-order valence-corrected chi connectivity index (χ3v) is 3.91. The second-order valence-electron chi connectivity index (χ2n) is 4.34. The van der Waals surface area contributed by atoms with E-state index in [0.29, 0.717) is 23.0 Å². The van der Waals surface area contributed by atoms with E-state index >= 15 is 0 Å². The van der Waals surface area contributed by atoms with Gasteiger partial charge in [0.05, 0.1) is 16.6 Å². The van der Waals surface area contributed by atoms with Crippen LogP contribution in [0, 0.1) is 0 Å². The molecular formula is C12H15ClN4O2S. The van der Waals surface area contributed by atoms with Gasteiger partial charge in [-0.1, -0.05) is 16.8 Å². The Kier molecular flexibility index (Phi) is 5.11. The Labute approximate surface area is 125 Å². The van der Waals surface area contributed by atoms with Crippen molar-refractivity contribution in [1.82, 2.24) is 19.9 Å². The number of hydrogen-bond acceptors (Lipinski definition) is 5. The Bertz CT molecular complexity index is 584. The second-order valence-corrected chi connectivity index (χ2v) is 6.14. The molecule has 0 aliphatic heterocycles. The van der Waals surface area contributed by atoms with E-state index in [0.717, 1.165) is 4.88 Å². The number of amides is 1. The van der Waals surface area contributed by atoms with E-state index in [4.69, 9.17) is 16.7 Å². The molecule has 108 valence electrons. The molecule has 2 heterocycles. The lowest BCUT2D eigenvalue weighted by Crippen LogP contribution is -2.29. The first-order valence-corrected chi connectivity index (χ1v) is 7.26. The lowest BCUT2D eigenvalue weighted by molar-refractivity contribution is -0.131. The quantitative estimate of drug-likeness (QED) is 0.869. The van der Waals surface area contributed by atoms with Gasteiger partial charge in [-0.3, -0.25) is 4.79 Å². The summed E-state index contributed by atoms with van der Waals surface area (Å²) < 4.78 is 2.19. The van der Waals surface area contributed by atoms with Crippen LogP contribution in [0.5, 0.6) is 0 Å². The van der Waals surface area contributed by atoms with E-state index in [1.165, 1.54) is 16.0 Å². The number of thiophene rings is 1. The van der Waals surface area contributed by atoms with Gasteiger partial charge in [-0.2, -0.15) is 0 Å². The van der Waals surface area contributed by atoms with Crippen molar-refractivity contribution in [3.05, 3.63) is 33.2 Å². The van der Waals surface area contributed by atoms with Crippen LogP contribution in [0.25, 0.3) is 0 Å². The van der Waals surface area contributed by atoms with Gasteiger partial charge in [0.15, 0.2) is 0 Å². The van der Waals surface area contributed by atoms with Crippen LogP contribution in [0.2, 0.25) is 4.34 Å². The number of nitrogens with zero attached hydrogens (tertiary/aromatic N) is 4. The number of aromatic nitrogens is 3. The predicted octanol–water partition coefficient (Wildman–Crippen LogP) is 1.19. The SMILES string of the molecule is CN(Cc1ccc(Cl)s1)C(=O)Cn1cc(CCO)nn1. The van der Waals surface area contributed by atoms with E-state index in [-0.39, 0.29) is 19.1 Å². The minimum Gasteiger partial charge on any atom is -0.396 e. The number of halogens is 1. The highest BCUT2D eigenvalue weighted by atomic mass is 35.5. The molecule has 0 bridgehead atoms. The van der Waals surface area contributed by atoms with Gasteiger partial charge in [0.2, 0.25) is 5.91 Å². The molecular weight excluding hydrogens is 300 g/mol. The van der Waals surface area contributed by atoms with Gasteiger partial charge in [-0.05, 0) is 12.1 Å². The largest absolute Gasteiger partial charge is 0.396 e. The van der Waals surface area contributed by atoms with Crippen LogP contribution in [0.1, 0.15) is 10.6 Å². The normalized spacial score (nSPS) is 10.8. The van der Waals surface area contributed by atoms with Gasteiger partial charge in [-0.25, -0.2) is 4.68 Å². The summed E-state index contributed by atoms with van der Waals surface area (Å²) in [6, 6.07) is 3.73. The summed E-state index contributed by atoms with van der Waals surface area (Å²) in [7, 11) is 1.74. The molecule has 0 aliphatic carbocycles. The third-order valence-electron chi connectivity index (χ3n) is 2.70. The number of hydrogen-bond donors (Lipinski definition) is 1. The Hall–Kier alpha value is -1.44. The lowest BCUT2D eigenvalue weighted by Gasteiger charge is -2.15. The van der Waals surface area contributed by atoms with E-state index in [1.807, 2.05) is 12.1 Å². The molecule has 0 saturated heterocycles. The van der Waals surface area contributed by atoms with Crippen molar-refractivity contribution < 1.29 is 9.90 Å². The van der Waals surface area contributed by atoms with Gasteiger partial charge in [0.1, 0.15) is 6.54 Å². The third kappa shape index (κ3) is 4.03. The minimum absolute atomic E-state index is 0.0195. The molecule has 2 rings (SSSR count). The molecule has 1 N–H and O–H groups in total. The second kappa shape index (κ2) is 6.83. The van der Waals surface area contributed by atoms with Crippen LogP contribution in [0.3, 0.4) is 0 Å². The minimum atomic E-state index is -0.0602. The van der Waals surface area contributed by atoms with Gasteiger partial charge in [-0.15, -0.1) is 16.4 Å². The molecule has 0 unspecified atom stereocenters. The molecule has 20 heavy (non-hydrogen) atoms. The van der Waals surface area contributed by atoms with Crippen molar-refractivity contribution in [2.45, 2.75) is 19.5 Å². The maximum absolute atomic E-state index is 12.1. The Morgan fingerprint density at radius 2 is 2.35 bits per heavy atom. The molecule has 0 aromatic carbocycles. The fourth-order valence-corrected chi connectivity index (χ4v) is 2.80. The molecule has 8 heteroatoms. The molecule has 0 aliphatic rings. The zero-order valence-electron chi connectivity index (χ0n) is 11.0. The Balaban J connectivity index is 1.89. The summed E-state index contributed by atoms with van der Waals surface area (Å²) in [4.78, 5) is 14.7. The molecule has 0 radical (unpaired) electrons. The van der Waals surface area contributed by atoms with E-state index in [2.05, 4.69) is 10.3 Å². The highest BCUT2D eigenvalue weighted by Gasteiger charge is 2.12. The van der Waals surface area contributed by atoms with E-state index in [1.54, 1.807) is 18.1 Å². The molecule has 6 nitrogen and oxygen atoms in total. The van der Waals surface area contributed by atoms with Crippen molar-refractivity contribution in [1.29, 1.82) is 0 Å². The molecule has 1 amide bonds. The summed E-state index contributed by atoms with van der Waals surface area (Å²) >= 11 is 7.32. The van der Waals surface area contributed by atoms with Crippen molar-refractivity contribution in [3.8, 4) is 0 Å². The summed E-state index contributed by atoms with van der Waals surface area (Å²) in [5, 5.41) is 16.5. The summed E-state index contributed by atoms with van der Waals surface area (Å²) in [5.41, 5.74) is 0.674. The maximum Gasteiger partial charge on any atom is 0.244 e. The molecule has 0 atom stereocenters. The lowest BCUT2D eigenvalue weighted by atomic mass is 10.3. The monoisotopic (exact) mass is 314 g/mol. The maximum atomic E-state index is 12.1. The highest BCUT2D eigenvalue weighted by Crippen LogP contribution is 2.22. The first kappa shape index (κ1) is 15.0. The van der Waals surface area contributed by atoms with Crippen LogP contribution in [0.4, 0.5) is 0 Å². The summed E-state index contributed by atoms with van der Waals surface area (Å²) in [5.74, 6) is -0.0602. The molecule has 2 aromatic rings. The van der Waals surface area contributed by atoms with Crippen LogP contribution in [0.15, 0.2) is 18.3 Å². The summed E-state index contributed by atoms with van der Waals surface area (Å²) in [6.07, 6.45) is 2.11. The van der Waals surface area contributed by atoms with Crippen LogP contribution in [-0.2, 0) is 24.3 Å². The molecule has 0 saturated carbocycles. The van der Waals surface area contributed by atoms with Crippen molar-refractivity contribution >= 4 is 28.8 Å². The average Bonchev–Trinajstić information content (AvgIpc) is 2.99. The topological polar surface area (TPSA) is 71.2 Å². The predicted molar refractivity (Wildman–Crippen MR) is 76.6 cm³/mol. The molecule has 0 spiro atoms. The number of rotatable bonds is 6. The number of aliphatic hydroxyl groups excluding tert-OH is 1. The standard InChI is InChI=1S/C12H15ClN4O2S/c1-16(7-10-2-3-11(13)20-10)12(19)8-17-6-9(4-5-18)14-15-17/h2-3,6,18H,4-5,7-8H2,1H3. The number of carbonyl (C=O) groups excluding carboxylic acids is 1. The first-order valence-electron chi connectivity index (χ1n) is 6.06.